The molecule has 0 spiro atoms. The van der Waals surface area contributed by atoms with Gasteiger partial charge in [0.25, 0.3) is 0 Å². The van der Waals surface area contributed by atoms with Crippen LogP contribution in [0.2, 0.25) is 0 Å². The van der Waals surface area contributed by atoms with Crippen molar-refractivity contribution in [3.63, 3.8) is 0 Å². The number of phenolic OH excluding ortho intramolecular Hbond substituents is 1. The molecule has 0 radical (unpaired) electrons. The number of alkyl halides is 1. The van der Waals surface area contributed by atoms with E-state index in [-0.39, 0.29) is 5.75 Å². The van der Waals surface area contributed by atoms with Crippen molar-refractivity contribution < 1.29 is 9.50 Å². The fourth-order valence-corrected chi connectivity index (χ4v) is 2.47. The number of hydrogen-bond donors (Lipinski definition) is 1. The van der Waals surface area contributed by atoms with E-state index in [4.69, 9.17) is 0 Å². The van der Waals surface area contributed by atoms with Crippen LogP contribution in [0.4, 0.5) is 4.39 Å². The van der Waals surface area contributed by atoms with Crippen LogP contribution in [0, 0.1) is 0 Å². The molecule has 3 heteroatoms. The lowest BCUT2D eigenvalue weighted by atomic mass is 10.1. The van der Waals surface area contributed by atoms with Gasteiger partial charge in [0.05, 0.1) is 4.90 Å². The Morgan fingerprint density at radius 1 is 1.50 bits per heavy atom. The van der Waals surface area contributed by atoms with Crippen LogP contribution in [0.1, 0.15) is 18.2 Å². The van der Waals surface area contributed by atoms with Gasteiger partial charge in [-0.1, -0.05) is 12.1 Å². The molecule has 1 aliphatic rings. The third-order valence-corrected chi connectivity index (χ3v) is 3.15. The lowest BCUT2D eigenvalue weighted by Crippen LogP contribution is -2.02. The van der Waals surface area contributed by atoms with E-state index in [1.54, 1.807) is 18.2 Å². The number of aromatic hydroxyl groups is 1. The molecule has 0 saturated heterocycles. The standard InChI is InChI=1S/C9H9FOS/c10-7-4-5-12-9-6(7)2-1-3-8(9)11/h1-3,7,11H,4-5H2. The zero-order valence-corrected chi connectivity index (χ0v) is 7.27. The van der Waals surface area contributed by atoms with E-state index < -0.39 is 6.17 Å². The summed E-state index contributed by atoms with van der Waals surface area (Å²) in [6.07, 6.45) is -0.338. The molecular formula is C9H9FOS. The second kappa shape index (κ2) is 2.98. The summed E-state index contributed by atoms with van der Waals surface area (Å²) in [5, 5.41) is 9.39. The first-order valence-corrected chi connectivity index (χ1v) is 4.86. The topological polar surface area (TPSA) is 20.2 Å². The average molecular weight is 184 g/mol. The maximum Gasteiger partial charge on any atom is 0.129 e. The maximum absolute atomic E-state index is 13.2. The highest BCUT2D eigenvalue weighted by Gasteiger charge is 2.21. The van der Waals surface area contributed by atoms with Crippen molar-refractivity contribution in [2.24, 2.45) is 0 Å². The number of thioether (sulfide) groups is 1. The summed E-state index contributed by atoms with van der Waals surface area (Å²) in [4.78, 5) is 0.719. The molecular weight excluding hydrogens is 175 g/mol. The van der Waals surface area contributed by atoms with Crippen LogP contribution in [0.25, 0.3) is 0 Å². The van der Waals surface area contributed by atoms with Crippen molar-refractivity contribution in [1.82, 2.24) is 0 Å². The van der Waals surface area contributed by atoms with Gasteiger partial charge in [-0.05, 0) is 12.5 Å². The summed E-state index contributed by atoms with van der Waals surface area (Å²) < 4.78 is 13.2. The Bertz CT molecular complexity index is 301. The fourth-order valence-electron chi connectivity index (χ4n) is 1.37. The summed E-state index contributed by atoms with van der Waals surface area (Å²) in [5.74, 6) is 0.964. The predicted molar refractivity (Wildman–Crippen MR) is 47.3 cm³/mol. The van der Waals surface area contributed by atoms with Gasteiger partial charge in [0.15, 0.2) is 0 Å². The number of hydrogen-bond acceptors (Lipinski definition) is 2. The molecule has 12 heavy (non-hydrogen) atoms. The summed E-state index contributed by atoms with van der Waals surface area (Å²) in [5.41, 5.74) is 0.645. The highest BCUT2D eigenvalue weighted by molar-refractivity contribution is 7.99. The van der Waals surface area contributed by atoms with Crippen molar-refractivity contribution in [2.75, 3.05) is 5.75 Å². The molecule has 1 N–H and O–H groups in total. The fraction of sp³-hybridized carbons (Fsp3) is 0.333. The van der Waals surface area contributed by atoms with Crippen LogP contribution < -0.4 is 0 Å². The minimum atomic E-state index is -0.895. The lowest BCUT2D eigenvalue weighted by molar-refractivity contribution is 0.325. The molecule has 1 aliphatic heterocycles. The minimum absolute atomic E-state index is 0.208. The van der Waals surface area contributed by atoms with Gasteiger partial charge in [0, 0.05) is 11.3 Å². The smallest absolute Gasteiger partial charge is 0.129 e. The zero-order valence-electron chi connectivity index (χ0n) is 6.46. The number of fused-ring (bicyclic) bond motifs is 1. The third kappa shape index (κ3) is 1.18. The molecule has 0 bridgehead atoms. The normalized spacial score (nSPS) is 21.9. The first-order chi connectivity index (χ1) is 5.79. The Hall–Kier alpha value is -0.700. The summed E-state index contributed by atoms with van der Waals surface area (Å²) in [6.45, 7) is 0. The van der Waals surface area contributed by atoms with Gasteiger partial charge < -0.3 is 5.11 Å². The Morgan fingerprint density at radius 3 is 3.08 bits per heavy atom. The van der Waals surface area contributed by atoms with Crippen LogP contribution in [-0.4, -0.2) is 10.9 Å². The molecule has 1 unspecified atom stereocenters. The summed E-state index contributed by atoms with van der Waals surface area (Å²) in [7, 11) is 0. The molecule has 1 atom stereocenters. The average Bonchev–Trinajstić information content (AvgIpc) is 2.07. The van der Waals surface area contributed by atoms with Crippen LogP contribution >= 0.6 is 11.8 Å². The Labute approximate surface area is 74.6 Å². The minimum Gasteiger partial charge on any atom is -0.507 e. The largest absolute Gasteiger partial charge is 0.507 e. The van der Waals surface area contributed by atoms with Gasteiger partial charge in [-0.3, -0.25) is 0 Å². The van der Waals surface area contributed by atoms with Crippen molar-refractivity contribution in [2.45, 2.75) is 17.5 Å². The predicted octanol–water partition coefficient (Wildman–Crippen LogP) is 2.90. The molecule has 1 nitrogen and oxygen atoms in total. The highest BCUT2D eigenvalue weighted by Crippen LogP contribution is 2.42. The molecule has 1 heterocycles. The van der Waals surface area contributed by atoms with E-state index >= 15 is 0 Å². The zero-order chi connectivity index (χ0) is 8.55. The van der Waals surface area contributed by atoms with Gasteiger partial charge in [0.2, 0.25) is 0 Å². The molecule has 0 aliphatic carbocycles. The van der Waals surface area contributed by atoms with E-state index in [0.29, 0.717) is 12.0 Å². The molecule has 0 amide bonds. The summed E-state index contributed by atoms with van der Waals surface area (Å²) >= 11 is 1.53. The SMILES string of the molecule is Oc1cccc2c1SCCC2F. The van der Waals surface area contributed by atoms with E-state index in [9.17, 15) is 9.50 Å². The van der Waals surface area contributed by atoms with Gasteiger partial charge >= 0.3 is 0 Å². The van der Waals surface area contributed by atoms with Crippen molar-refractivity contribution >= 4 is 11.8 Å². The molecule has 1 aromatic rings. The number of halogens is 1. The Balaban J connectivity index is 2.52. The molecule has 0 fully saturated rings. The van der Waals surface area contributed by atoms with E-state index in [1.807, 2.05) is 0 Å². The van der Waals surface area contributed by atoms with Gasteiger partial charge in [0.1, 0.15) is 11.9 Å². The Morgan fingerprint density at radius 2 is 2.33 bits per heavy atom. The second-order valence-electron chi connectivity index (χ2n) is 2.80. The third-order valence-electron chi connectivity index (χ3n) is 1.98. The van der Waals surface area contributed by atoms with Crippen molar-refractivity contribution in [3.05, 3.63) is 23.8 Å². The Kier molecular flexibility index (Phi) is 1.97. The van der Waals surface area contributed by atoms with Crippen molar-refractivity contribution in [3.8, 4) is 5.75 Å². The lowest BCUT2D eigenvalue weighted by Gasteiger charge is -2.19. The van der Waals surface area contributed by atoms with Gasteiger partial charge in [-0.15, -0.1) is 11.8 Å². The van der Waals surface area contributed by atoms with E-state index in [0.717, 1.165) is 10.6 Å². The maximum atomic E-state index is 13.2. The van der Waals surface area contributed by atoms with E-state index in [2.05, 4.69) is 0 Å². The molecule has 0 aromatic heterocycles. The monoisotopic (exact) mass is 184 g/mol. The second-order valence-corrected chi connectivity index (χ2v) is 3.91. The molecule has 64 valence electrons. The van der Waals surface area contributed by atoms with Crippen LogP contribution in [0.15, 0.2) is 23.1 Å². The number of phenols is 1. The highest BCUT2D eigenvalue weighted by atomic mass is 32.2. The first-order valence-electron chi connectivity index (χ1n) is 3.88. The van der Waals surface area contributed by atoms with Gasteiger partial charge in [-0.2, -0.15) is 0 Å². The van der Waals surface area contributed by atoms with Crippen molar-refractivity contribution in [1.29, 1.82) is 0 Å². The molecule has 2 rings (SSSR count). The molecule has 0 saturated carbocycles. The van der Waals surface area contributed by atoms with Crippen LogP contribution in [0.3, 0.4) is 0 Å². The first kappa shape index (κ1) is 7.92. The quantitative estimate of drug-likeness (QED) is 0.669. The summed E-state index contributed by atoms with van der Waals surface area (Å²) in [6, 6.07) is 5.03. The molecule has 1 aromatic carbocycles. The van der Waals surface area contributed by atoms with Gasteiger partial charge in [-0.25, -0.2) is 4.39 Å². The van der Waals surface area contributed by atoms with Crippen LogP contribution in [0.5, 0.6) is 5.75 Å². The number of benzene rings is 1. The number of rotatable bonds is 0. The van der Waals surface area contributed by atoms with E-state index in [1.165, 1.54) is 11.8 Å². The van der Waals surface area contributed by atoms with Crippen LogP contribution in [-0.2, 0) is 0 Å².